The van der Waals surface area contributed by atoms with E-state index in [1.165, 1.54) is 11.1 Å². The highest BCUT2D eigenvalue weighted by Crippen LogP contribution is 2.24. The molecule has 0 aliphatic rings. The van der Waals surface area contributed by atoms with Crippen molar-refractivity contribution in [3.63, 3.8) is 0 Å². The summed E-state index contributed by atoms with van der Waals surface area (Å²) in [6, 6.07) is 4.23. The van der Waals surface area contributed by atoms with Crippen molar-refractivity contribution in [2.75, 3.05) is 0 Å². The third kappa shape index (κ3) is 3.46. The fourth-order valence-electron chi connectivity index (χ4n) is 2.00. The number of halogens is 1. The van der Waals surface area contributed by atoms with Crippen LogP contribution in [0.3, 0.4) is 0 Å². The molecule has 0 bridgehead atoms. The van der Waals surface area contributed by atoms with E-state index in [9.17, 15) is 0 Å². The van der Waals surface area contributed by atoms with Gasteiger partial charge in [0.2, 0.25) is 0 Å². The van der Waals surface area contributed by atoms with Crippen molar-refractivity contribution in [1.29, 1.82) is 0 Å². The fourth-order valence-corrected chi connectivity index (χ4v) is 2.22. The van der Waals surface area contributed by atoms with Gasteiger partial charge in [-0.15, -0.1) is 5.10 Å². The molecule has 5 heteroatoms. The SMILES string of the molecule is Cc1cc(-n2nncc2CNC(C)(C)C)cc(C)c1Br. The molecule has 0 amide bonds. The number of nitrogens with zero attached hydrogens (tertiary/aromatic N) is 3. The first kappa shape index (κ1) is 15.2. The van der Waals surface area contributed by atoms with Crippen molar-refractivity contribution >= 4 is 15.9 Å². The summed E-state index contributed by atoms with van der Waals surface area (Å²) in [5, 5.41) is 11.7. The Kier molecular flexibility index (Phi) is 4.30. The first-order valence-corrected chi connectivity index (χ1v) is 7.49. The summed E-state index contributed by atoms with van der Waals surface area (Å²) in [5.41, 5.74) is 4.57. The molecule has 4 nitrogen and oxygen atoms in total. The third-order valence-electron chi connectivity index (χ3n) is 3.09. The number of nitrogens with one attached hydrogen (secondary N) is 1. The van der Waals surface area contributed by atoms with Gasteiger partial charge in [0.05, 0.1) is 17.6 Å². The van der Waals surface area contributed by atoms with Crippen molar-refractivity contribution in [3.05, 3.63) is 39.6 Å². The van der Waals surface area contributed by atoms with E-state index in [4.69, 9.17) is 0 Å². The van der Waals surface area contributed by atoms with Crippen molar-refractivity contribution in [2.24, 2.45) is 0 Å². The predicted molar refractivity (Wildman–Crippen MR) is 85.1 cm³/mol. The van der Waals surface area contributed by atoms with Gasteiger partial charge in [0.25, 0.3) is 0 Å². The summed E-state index contributed by atoms with van der Waals surface area (Å²) in [7, 11) is 0. The Morgan fingerprint density at radius 1 is 1.20 bits per heavy atom. The molecular formula is C15H21BrN4. The van der Waals surface area contributed by atoms with Crippen molar-refractivity contribution in [1.82, 2.24) is 20.3 Å². The number of hydrogen-bond donors (Lipinski definition) is 1. The van der Waals surface area contributed by atoms with Crippen LogP contribution in [0.1, 0.15) is 37.6 Å². The molecule has 0 unspecified atom stereocenters. The van der Waals surface area contributed by atoms with Crippen LogP contribution in [-0.2, 0) is 6.54 Å². The van der Waals surface area contributed by atoms with Crippen LogP contribution in [0.15, 0.2) is 22.8 Å². The monoisotopic (exact) mass is 336 g/mol. The predicted octanol–water partition coefficient (Wildman–Crippen LogP) is 3.53. The van der Waals surface area contributed by atoms with Gasteiger partial charge in [0.15, 0.2) is 0 Å². The Bertz CT molecular complexity index is 588. The molecule has 0 saturated carbocycles. The molecule has 0 spiro atoms. The summed E-state index contributed by atoms with van der Waals surface area (Å²) < 4.78 is 3.04. The Hall–Kier alpha value is -1.20. The second-order valence-corrected chi connectivity index (χ2v) is 6.93. The van der Waals surface area contributed by atoms with Crippen LogP contribution in [0, 0.1) is 13.8 Å². The van der Waals surface area contributed by atoms with E-state index in [1.807, 2.05) is 10.9 Å². The lowest BCUT2D eigenvalue weighted by Crippen LogP contribution is -2.35. The molecule has 0 saturated heterocycles. The molecule has 1 aromatic heterocycles. The quantitative estimate of drug-likeness (QED) is 0.932. The maximum Gasteiger partial charge on any atom is 0.0783 e. The summed E-state index contributed by atoms with van der Waals surface area (Å²) in [4.78, 5) is 0. The van der Waals surface area contributed by atoms with Gasteiger partial charge in [-0.05, 0) is 57.9 Å². The Morgan fingerprint density at radius 3 is 2.35 bits per heavy atom. The van der Waals surface area contributed by atoms with E-state index in [-0.39, 0.29) is 5.54 Å². The zero-order valence-electron chi connectivity index (χ0n) is 12.7. The first-order chi connectivity index (χ1) is 9.28. The highest BCUT2D eigenvalue weighted by atomic mass is 79.9. The van der Waals surface area contributed by atoms with E-state index in [2.05, 4.69) is 78.3 Å². The minimum absolute atomic E-state index is 0.0701. The van der Waals surface area contributed by atoms with Gasteiger partial charge in [-0.25, -0.2) is 4.68 Å². The third-order valence-corrected chi connectivity index (χ3v) is 4.34. The zero-order valence-corrected chi connectivity index (χ0v) is 14.2. The average molecular weight is 337 g/mol. The molecule has 0 aliphatic carbocycles. The molecule has 0 radical (unpaired) electrons. The van der Waals surface area contributed by atoms with Gasteiger partial charge in [-0.2, -0.15) is 0 Å². The van der Waals surface area contributed by atoms with Gasteiger partial charge < -0.3 is 5.32 Å². The van der Waals surface area contributed by atoms with Crippen molar-refractivity contribution in [2.45, 2.75) is 46.7 Å². The highest BCUT2D eigenvalue weighted by Gasteiger charge is 2.13. The van der Waals surface area contributed by atoms with Crippen LogP contribution < -0.4 is 5.32 Å². The number of benzene rings is 1. The standard InChI is InChI=1S/C15H21BrN4/c1-10-6-12(7-11(2)14(10)16)20-13(9-18-19-20)8-17-15(3,4)5/h6-7,9,17H,8H2,1-5H3. The second-order valence-electron chi connectivity index (χ2n) is 6.13. The fraction of sp³-hybridized carbons (Fsp3) is 0.467. The lowest BCUT2D eigenvalue weighted by Gasteiger charge is -2.20. The molecule has 1 aromatic carbocycles. The maximum absolute atomic E-state index is 4.21. The van der Waals surface area contributed by atoms with Crippen molar-refractivity contribution < 1.29 is 0 Å². The second kappa shape index (κ2) is 5.66. The molecule has 1 N–H and O–H groups in total. The number of aromatic nitrogens is 3. The Morgan fingerprint density at radius 2 is 1.80 bits per heavy atom. The summed E-state index contributed by atoms with van der Waals surface area (Å²) in [6.45, 7) is 11.4. The van der Waals surface area contributed by atoms with E-state index in [0.717, 1.165) is 22.4 Å². The summed E-state index contributed by atoms with van der Waals surface area (Å²) in [5.74, 6) is 0. The van der Waals surface area contributed by atoms with E-state index < -0.39 is 0 Å². The maximum atomic E-state index is 4.21. The normalized spacial score (nSPS) is 11.9. The molecule has 0 atom stereocenters. The molecule has 1 heterocycles. The molecule has 20 heavy (non-hydrogen) atoms. The summed E-state index contributed by atoms with van der Waals surface area (Å²) >= 11 is 3.59. The number of aryl methyl sites for hydroxylation is 2. The Labute approximate surface area is 128 Å². The van der Waals surface area contributed by atoms with E-state index in [1.54, 1.807) is 0 Å². The van der Waals surface area contributed by atoms with Crippen LogP contribution >= 0.6 is 15.9 Å². The van der Waals surface area contributed by atoms with Crippen LogP contribution in [0.4, 0.5) is 0 Å². The van der Waals surface area contributed by atoms with Gasteiger partial charge in [-0.1, -0.05) is 21.1 Å². The lowest BCUT2D eigenvalue weighted by atomic mass is 10.1. The molecule has 108 valence electrons. The smallest absolute Gasteiger partial charge is 0.0783 e. The molecule has 2 rings (SSSR count). The minimum Gasteiger partial charge on any atom is -0.306 e. The largest absolute Gasteiger partial charge is 0.306 e. The summed E-state index contributed by atoms with van der Waals surface area (Å²) in [6.07, 6.45) is 1.81. The zero-order chi connectivity index (χ0) is 14.9. The van der Waals surface area contributed by atoms with Gasteiger partial charge in [-0.3, -0.25) is 0 Å². The molecule has 0 aliphatic heterocycles. The Balaban J connectivity index is 2.33. The van der Waals surface area contributed by atoms with Crippen LogP contribution in [0.5, 0.6) is 0 Å². The average Bonchev–Trinajstić information content (AvgIpc) is 2.80. The van der Waals surface area contributed by atoms with E-state index in [0.29, 0.717) is 0 Å². The van der Waals surface area contributed by atoms with Crippen LogP contribution in [0.25, 0.3) is 5.69 Å². The molecular weight excluding hydrogens is 316 g/mol. The van der Waals surface area contributed by atoms with E-state index >= 15 is 0 Å². The highest BCUT2D eigenvalue weighted by molar-refractivity contribution is 9.10. The lowest BCUT2D eigenvalue weighted by molar-refractivity contribution is 0.418. The van der Waals surface area contributed by atoms with Crippen LogP contribution in [-0.4, -0.2) is 20.5 Å². The van der Waals surface area contributed by atoms with Gasteiger partial charge in [0, 0.05) is 16.6 Å². The number of hydrogen-bond acceptors (Lipinski definition) is 3. The molecule has 0 fully saturated rings. The van der Waals surface area contributed by atoms with Gasteiger partial charge >= 0.3 is 0 Å². The van der Waals surface area contributed by atoms with Crippen LogP contribution in [0.2, 0.25) is 0 Å². The minimum atomic E-state index is 0.0701. The number of rotatable bonds is 3. The van der Waals surface area contributed by atoms with Gasteiger partial charge in [0.1, 0.15) is 0 Å². The topological polar surface area (TPSA) is 42.7 Å². The van der Waals surface area contributed by atoms with Crippen molar-refractivity contribution in [3.8, 4) is 5.69 Å². The molecule has 2 aromatic rings. The first-order valence-electron chi connectivity index (χ1n) is 6.69.